The van der Waals surface area contributed by atoms with E-state index in [1.807, 2.05) is 6.07 Å². The fourth-order valence-electron chi connectivity index (χ4n) is 0.843. The van der Waals surface area contributed by atoms with E-state index in [9.17, 15) is 4.39 Å². The molecule has 1 aromatic rings. The molecule has 0 spiro atoms. The highest BCUT2D eigenvalue weighted by Gasteiger charge is 2.02. The monoisotopic (exact) mass is 197 g/mol. The van der Waals surface area contributed by atoms with Gasteiger partial charge >= 0.3 is 0 Å². The Balaban J connectivity index is 2.81. The van der Waals surface area contributed by atoms with E-state index in [2.05, 4.69) is 0 Å². The van der Waals surface area contributed by atoms with E-state index < -0.39 is 5.82 Å². The number of nitriles is 1. The van der Waals surface area contributed by atoms with Crippen molar-refractivity contribution in [3.63, 3.8) is 0 Å². The van der Waals surface area contributed by atoms with Crippen molar-refractivity contribution in [1.29, 1.82) is 5.26 Å². The second-order valence-corrected chi connectivity index (χ2v) is 3.47. The first-order valence-corrected chi connectivity index (χ1v) is 4.70. The molecule has 0 saturated carbocycles. The molecule has 0 aliphatic heterocycles. The second-order valence-electron chi connectivity index (χ2n) is 2.33. The Morgan fingerprint density at radius 1 is 1.54 bits per heavy atom. The van der Waals surface area contributed by atoms with E-state index in [1.54, 1.807) is 12.1 Å². The van der Waals surface area contributed by atoms with Gasteiger partial charge in [-0.25, -0.2) is 4.39 Å². The van der Waals surface area contributed by atoms with Gasteiger partial charge in [-0.1, -0.05) is 0 Å². The van der Waals surface area contributed by atoms with E-state index >= 15 is 0 Å². The Hall–Kier alpha value is -1.05. The van der Waals surface area contributed by atoms with E-state index in [4.69, 9.17) is 10.4 Å². The minimum absolute atomic E-state index is 0.0180. The van der Waals surface area contributed by atoms with E-state index in [-0.39, 0.29) is 6.61 Å². The van der Waals surface area contributed by atoms with Gasteiger partial charge in [0.15, 0.2) is 0 Å². The summed E-state index contributed by atoms with van der Waals surface area (Å²) in [6.07, 6.45) is 0. The van der Waals surface area contributed by atoms with Gasteiger partial charge in [0.05, 0.1) is 18.2 Å². The quantitative estimate of drug-likeness (QED) is 0.751. The van der Waals surface area contributed by atoms with Crippen molar-refractivity contribution in [2.45, 2.75) is 4.90 Å². The average molecular weight is 197 g/mol. The van der Waals surface area contributed by atoms with Crippen molar-refractivity contribution >= 4 is 11.8 Å². The SMILES string of the molecule is N#Cc1ccc(SCCO)c(F)c1. The zero-order valence-electron chi connectivity index (χ0n) is 6.83. The molecule has 0 amide bonds. The molecule has 13 heavy (non-hydrogen) atoms. The lowest BCUT2D eigenvalue weighted by Crippen LogP contribution is -1.88. The van der Waals surface area contributed by atoms with Gasteiger partial charge in [0.2, 0.25) is 0 Å². The first-order chi connectivity index (χ1) is 6.27. The summed E-state index contributed by atoms with van der Waals surface area (Å²) in [4.78, 5) is 0.466. The molecule has 0 bridgehead atoms. The van der Waals surface area contributed by atoms with Crippen LogP contribution in [0.1, 0.15) is 5.56 Å². The summed E-state index contributed by atoms with van der Waals surface area (Å²) in [5.41, 5.74) is 0.311. The van der Waals surface area contributed by atoms with Gasteiger partial charge in [-0.15, -0.1) is 11.8 Å². The van der Waals surface area contributed by atoms with Crippen molar-refractivity contribution < 1.29 is 9.50 Å². The van der Waals surface area contributed by atoms with Gasteiger partial charge in [0, 0.05) is 10.6 Å². The number of aliphatic hydroxyl groups is 1. The number of rotatable bonds is 3. The van der Waals surface area contributed by atoms with Gasteiger partial charge in [0.25, 0.3) is 0 Å². The van der Waals surface area contributed by atoms with E-state index in [1.165, 1.54) is 17.8 Å². The molecule has 0 aromatic heterocycles. The van der Waals surface area contributed by atoms with Crippen LogP contribution in [-0.2, 0) is 0 Å². The number of thioether (sulfide) groups is 1. The minimum atomic E-state index is -0.405. The normalized spacial score (nSPS) is 9.62. The molecule has 1 N–H and O–H groups in total. The predicted molar refractivity (Wildman–Crippen MR) is 48.9 cm³/mol. The third-order valence-corrected chi connectivity index (χ3v) is 2.44. The van der Waals surface area contributed by atoms with Gasteiger partial charge < -0.3 is 5.11 Å². The summed E-state index contributed by atoms with van der Waals surface area (Å²) in [7, 11) is 0. The Labute approximate surface area is 80.0 Å². The number of hydrogen-bond acceptors (Lipinski definition) is 3. The average Bonchev–Trinajstić information content (AvgIpc) is 2.16. The zero-order valence-corrected chi connectivity index (χ0v) is 7.64. The van der Waals surface area contributed by atoms with Crippen LogP contribution in [0.2, 0.25) is 0 Å². The topological polar surface area (TPSA) is 44.0 Å². The van der Waals surface area contributed by atoms with Crippen LogP contribution in [0, 0.1) is 17.1 Å². The molecule has 0 fully saturated rings. The lowest BCUT2D eigenvalue weighted by Gasteiger charge is -2.00. The van der Waals surface area contributed by atoms with E-state index in [0.717, 1.165) is 0 Å². The van der Waals surface area contributed by atoms with Crippen molar-refractivity contribution in [3.05, 3.63) is 29.6 Å². The number of nitrogens with zero attached hydrogens (tertiary/aromatic N) is 1. The van der Waals surface area contributed by atoms with Gasteiger partial charge in [-0.3, -0.25) is 0 Å². The summed E-state index contributed by atoms with van der Waals surface area (Å²) in [6.45, 7) is 0.0180. The zero-order chi connectivity index (χ0) is 9.68. The minimum Gasteiger partial charge on any atom is -0.396 e. The summed E-state index contributed by atoms with van der Waals surface area (Å²) in [6, 6.07) is 6.15. The Morgan fingerprint density at radius 3 is 2.85 bits per heavy atom. The second kappa shape index (κ2) is 4.85. The molecule has 68 valence electrons. The highest BCUT2D eigenvalue weighted by molar-refractivity contribution is 7.99. The highest BCUT2D eigenvalue weighted by atomic mass is 32.2. The molecule has 1 rings (SSSR count). The van der Waals surface area contributed by atoms with Crippen LogP contribution < -0.4 is 0 Å². The fraction of sp³-hybridized carbons (Fsp3) is 0.222. The third kappa shape index (κ3) is 2.72. The lowest BCUT2D eigenvalue weighted by molar-refractivity contribution is 0.322. The molecule has 2 nitrogen and oxygen atoms in total. The first kappa shape index (κ1) is 10.0. The molecule has 1 aromatic carbocycles. The maximum Gasteiger partial charge on any atom is 0.138 e. The molecule has 0 heterocycles. The van der Waals surface area contributed by atoms with Crippen LogP contribution in [0.4, 0.5) is 4.39 Å². The van der Waals surface area contributed by atoms with E-state index in [0.29, 0.717) is 16.2 Å². The predicted octanol–water partition coefficient (Wildman–Crippen LogP) is 1.78. The van der Waals surface area contributed by atoms with Crippen LogP contribution >= 0.6 is 11.8 Å². The maximum atomic E-state index is 13.1. The van der Waals surface area contributed by atoms with Crippen LogP contribution in [0.15, 0.2) is 23.1 Å². The molecule has 0 aliphatic carbocycles. The van der Waals surface area contributed by atoms with Gasteiger partial charge in [0.1, 0.15) is 5.82 Å². The Bertz CT molecular complexity index is 335. The molecule has 4 heteroatoms. The van der Waals surface area contributed by atoms with Crippen LogP contribution in [-0.4, -0.2) is 17.5 Å². The van der Waals surface area contributed by atoms with Crippen LogP contribution in [0.3, 0.4) is 0 Å². The van der Waals surface area contributed by atoms with Gasteiger partial charge in [-0.05, 0) is 18.2 Å². The van der Waals surface area contributed by atoms with Crippen LogP contribution in [0.5, 0.6) is 0 Å². The van der Waals surface area contributed by atoms with Gasteiger partial charge in [-0.2, -0.15) is 5.26 Å². The molecular formula is C9H8FNOS. The molecule has 0 saturated heterocycles. The molecular weight excluding hydrogens is 189 g/mol. The summed E-state index contributed by atoms with van der Waals surface area (Å²) in [5.74, 6) is 0.0560. The Kier molecular flexibility index (Phi) is 3.74. The highest BCUT2D eigenvalue weighted by Crippen LogP contribution is 2.21. The van der Waals surface area contributed by atoms with Crippen molar-refractivity contribution in [2.24, 2.45) is 0 Å². The summed E-state index contributed by atoms with van der Waals surface area (Å²) < 4.78 is 13.1. The largest absolute Gasteiger partial charge is 0.396 e. The smallest absolute Gasteiger partial charge is 0.138 e. The maximum absolute atomic E-state index is 13.1. The third-order valence-electron chi connectivity index (χ3n) is 1.41. The number of aliphatic hydroxyl groups excluding tert-OH is 1. The number of hydrogen-bond donors (Lipinski definition) is 1. The lowest BCUT2D eigenvalue weighted by atomic mass is 10.2. The first-order valence-electron chi connectivity index (χ1n) is 3.71. The van der Waals surface area contributed by atoms with Crippen LogP contribution in [0.25, 0.3) is 0 Å². The van der Waals surface area contributed by atoms with Crippen molar-refractivity contribution in [2.75, 3.05) is 12.4 Å². The molecule has 0 aliphatic rings. The molecule has 0 radical (unpaired) electrons. The molecule has 0 unspecified atom stereocenters. The standard InChI is InChI=1S/C9H8FNOS/c10-8-5-7(6-11)1-2-9(8)13-4-3-12/h1-2,5,12H,3-4H2. The Morgan fingerprint density at radius 2 is 2.31 bits per heavy atom. The number of benzene rings is 1. The number of halogens is 1. The van der Waals surface area contributed by atoms with Crippen molar-refractivity contribution in [1.82, 2.24) is 0 Å². The van der Waals surface area contributed by atoms with Crippen molar-refractivity contribution in [3.8, 4) is 6.07 Å². The molecule has 0 atom stereocenters. The summed E-state index contributed by atoms with van der Waals surface area (Å²) in [5, 5.41) is 17.0. The fourth-order valence-corrected chi connectivity index (χ4v) is 1.52. The summed E-state index contributed by atoms with van der Waals surface area (Å²) >= 11 is 1.23.